The molecule has 0 aliphatic heterocycles. The van der Waals surface area contributed by atoms with Crippen molar-refractivity contribution in [1.29, 1.82) is 0 Å². The summed E-state index contributed by atoms with van der Waals surface area (Å²) in [6.07, 6.45) is 0. The summed E-state index contributed by atoms with van der Waals surface area (Å²) < 4.78 is 69.0. The molecule has 1 aromatic rings. The molecule has 1 rings (SSSR count). The van der Waals surface area contributed by atoms with Crippen LogP contribution in [0.3, 0.4) is 0 Å². The normalized spacial score (nSPS) is 11.6. The van der Waals surface area contributed by atoms with Gasteiger partial charge in [0.15, 0.2) is 11.6 Å². The second-order valence-electron chi connectivity index (χ2n) is 2.77. The smallest absolute Gasteiger partial charge is 0.356 e. The minimum atomic E-state index is -4.20. The Morgan fingerprint density at radius 1 is 1.35 bits per heavy atom. The lowest BCUT2D eigenvalue weighted by Gasteiger charge is -2.23. The van der Waals surface area contributed by atoms with Gasteiger partial charge in [0, 0.05) is 0 Å². The SMILES string of the molecule is OCO[Si]C(F)(F)N(F)c1cccc(F)c1F. The van der Waals surface area contributed by atoms with Crippen molar-refractivity contribution in [1.82, 2.24) is 0 Å². The van der Waals surface area contributed by atoms with Crippen LogP contribution < -0.4 is 5.12 Å². The Morgan fingerprint density at radius 2 is 2.00 bits per heavy atom. The van der Waals surface area contributed by atoms with Crippen molar-refractivity contribution in [3.63, 3.8) is 0 Å². The molecule has 94 valence electrons. The third-order valence-corrected chi connectivity index (χ3v) is 2.36. The van der Waals surface area contributed by atoms with E-state index in [1.54, 1.807) is 0 Å². The lowest BCUT2D eigenvalue weighted by Crippen LogP contribution is -2.43. The Bertz CT molecular complexity index is 392. The second kappa shape index (κ2) is 5.43. The number of hydrogen-bond acceptors (Lipinski definition) is 3. The van der Waals surface area contributed by atoms with Gasteiger partial charge in [-0.2, -0.15) is 8.78 Å². The van der Waals surface area contributed by atoms with Gasteiger partial charge in [-0.25, -0.2) is 8.78 Å². The Morgan fingerprint density at radius 3 is 2.59 bits per heavy atom. The number of halogens is 5. The quantitative estimate of drug-likeness (QED) is 0.291. The maximum atomic E-state index is 13.2. The standard InChI is InChI=1S/C8H6F5NO2Si/c9-5-2-1-3-6(7(5)10)14(13)8(11,12)17-16-4-15/h1-3,15H,4H2. The van der Waals surface area contributed by atoms with Gasteiger partial charge in [-0.05, 0) is 12.1 Å². The largest absolute Gasteiger partial charge is 0.387 e. The van der Waals surface area contributed by atoms with Gasteiger partial charge < -0.3 is 9.53 Å². The monoisotopic (exact) mass is 271 g/mol. The van der Waals surface area contributed by atoms with Crippen LogP contribution in [0, 0.1) is 11.6 Å². The highest BCUT2D eigenvalue weighted by molar-refractivity contribution is 6.31. The minimum Gasteiger partial charge on any atom is -0.387 e. The molecule has 9 heteroatoms. The van der Waals surface area contributed by atoms with Gasteiger partial charge in [0.25, 0.3) is 0 Å². The number of benzene rings is 1. The zero-order chi connectivity index (χ0) is 13.1. The fourth-order valence-corrected chi connectivity index (χ4v) is 1.39. The highest BCUT2D eigenvalue weighted by atomic mass is 28.2. The van der Waals surface area contributed by atoms with Crippen LogP contribution in [0.5, 0.6) is 0 Å². The number of hydrogen-bond donors (Lipinski definition) is 1. The predicted octanol–water partition coefficient (Wildman–Crippen LogP) is 1.79. The topological polar surface area (TPSA) is 32.7 Å². The van der Waals surface area contributed by atoms with Crippen molar-refractivity contribution < 1.29 is 31.6 Å². The lowest BCUT2D eigenvalue weighted by molar-refractivity contribution is 0.00628. The molecule has 0 amide bonds. The fraction of sp³-hybridized carbons (Fsp3) is 0.250. The Labute approximate surface area is 95.3 Å². The second-order valence-corrected chi connectivity index (χ2v) is 3.86. The van der Waals surface area contributed by atoms with E-state index in [-0.39, 0.29) is 0 Å². The van der Waals surface area contributed by atoms with E-state index in [2.05, 4.69) is 4.43 Å². The van der Waals surface area contributed by atoms with Crippen LogP contribution >= 0.6 is 0 Å². The van der Waals surface area contributed by atoms with Gasteiger partial charge in [0.2, 0.25) is 0 Å². The highest BCUT2D eigenvalue weighted by Crippen LogP contribution is 2.30. The van der Waals surface area contributed by atoms with E-state index in [1.807, 2.05) is 0 Å². The Kier molecular flexibility index (Phi) is 4.43. The zero-order valence-corrected chi connectivity index (χ0v) is 9.13. The first-order valence-corrected chi connectivity index (χ1v) is 5.08. The molecule has 0 spiro atoms. The average Bonchev–Trinajstić information content (AvgIpc) is 2.29. The summed E-state index contributed by atoms with van der Waals surface area (Å²) >= 11 is 0. The molecular weight excluding hydrogens is 265 g/mol. The molecule has 0 aliphatic rings. The minimum absolute atomic E-state index is 0.649. The average molecular weight is 271 g/mol. The van der Waals surface area contributed by atoms with Crippen molar-refractivity contribution >= 4 is 15.5 Å². The molecule has 2 radical (unpaired) electrons. The molecule has 0 aliphatic carbocycles. The van der Waals surface area contributed by atoms with Crippen LogP contribution in [0.1, 0.15) is 0 Å². The van der Waals surface area contributed by atoms with Crippen molar-refractivity contribution in [2.75, 3.05) is 11.9 Å². The van der Waals surface area contributed by atoms with Crippen molar-refractivity contribution in [2.45, 2.75) is 5.67 Å². The van der Waals surface area contributed by atoms with Crippen LogP contribution in [0.2, 0.25) is 0 Å². The van der Waals surface area contributed by atoms with Crippen LogP contribution in [-0.2, 0) is 4.43 Å². The fourth-order valence-electron chi connectivity index (χ4n) is 0.954. The third-order valence-electron chi connectivity index (χ3n) is 1.65. The summed E-state index contributed by atoms with van der Waals surface area (Å²) in [5.74, 6) is -3.18. The molecule has 3 nitrogen and oxygen atoms in total. The summed E-state index contributed by atoms with van der Waals surface area (Å²) in [6, 6.07) is 2.19. The molecule has 0 saturated carbocycles. The summed E-state index contributed by atoms with van der Waals surface area (Å²) in [5, 5.41) is 6.92. The van der Waals surface area contributed by atoms with E-state index >= 15 is 0 Å². The lowest BCUT2D eigenvalue weighted by atomic mass is 10.3. The number of aliphatic hydroxyl groups is 1. The summed E-state index contributed by atoms with van der Waals surface area (Å²) in [7, 11) is -1.76. The molecule has 1 N–H and O–H groups in total. The molecule has 0 saturated heterocycles. The number of anilines is 1. The first-order chi connectivity index (χ1) is 7.90. The summed E-state index contributed by atoms with van der Waals surface area (Å²) in [6.45, 7) is -1.03. The van der Waals surface area contributed by atoms with Gasteiger partial charge in [0.1, 0.15) is 12.5 Å². The molecule has 17 heavy (non-hydrogen) atoms. The van der Waals surface area contributed by atoms with Crippen LogP contribution in [-0.4, -0.2) is 27.3 Å². The Balaban J connectivity index is 2.95. The number of rotatable bonds is 5. The zero-order valence-electron chi connectivity index (χ0n) is 8.13. The van der Waals surface area contributed by atoms with E-state index in [9.17, 15) is 22.0 Å². The molecule has 0 aromatic heterocycles. The maximum Gasteiger partial charge on any atom is 0.356 e. The van der Waals surface area contributed by atoms with Gasteiger partial charge in [-0.15, -0.1) is 5.12 Å². The van der Waals surface area contributed by atoms with Gasteiger partial charge in [0.05, 0.1) is 0 Å². The van der Waals surface area contributed by atoms with E-state index < -0.39 is 44.7 Å². The summed E-state index contributed by atoms with van der Waals surface area (Å²) in [5.41, 5.74) is -5.44. The van der Waals surface area contributed by atoms with E-state index in [0.717, 1.165) is 6.07 Å². The van der Waals surface area contributed by atoms with Gasteiger partial charge >= 0.3 is 15.4 Å². The highest BCUT2D eigenvalue weighted by Gasteiger charge is 2.42. The van der Waals surface area contributed by atoms with Crippen molar-refractivity contribution in [3.05, 3.63) is 29.8 Å². The van der Waals surface area contributed by atoms with Crippen molar-refractivity contribution in [2.24, 2.45) is 0 Å². The van der Waals surface area contributed by atoms with Gasteiger partial charge in [-0.1, -0.05) is 10.5 Å². The molecule has 0 bridgehead atoms. The van der Waals surface area contributed by atoms with E-state index in [1.165, 1.54) is 0 Å². The molecule has 0 atom stereocenters. The van der Waals surface area contributed by atoms with E-state index in [4.69, 9.17) is 5.11 Å². The number of alkyl halides is 2. The molecule has 0 fully saturated rings. The first-order valence-electron chi connectivity index (χ1n) is 4.18. The van der Waals surface area contributed by atoms with Crippen molar-refractivity contribution in [3.8, 4) is 0 Å². The third kappa shape index (κ3) is 3.14. The number of aliphatic hydroxyl groups excluding tert-OH is 1. The molecule has 0 unspecified atom stereocenters. The molecule has 1 aromatic carbocycles. The Hall–Kier alpha value is -1.19. The molecular formula is C8H6F5NO2Si. The van der Waals surface area contributed by atoms with Crippen LogP contribution in [0.4, 0.5) is 27.7 Å². The van der Waals surface area contributed by atoms with E-state index in [0.29, 0.717) is 12.1 Å². The predicted molar refractivity (Wildman–Crippen MR) is 48.8 cm³/mol. The van der Waals surface area contributed by atoms with Gasteiger partial charge in [-0.3, -0.25) is 0 Å². The molecule has 0 heterocycles. The number of nitrogens with zero attached hydrogens (tertiary/aromatic N) is 1. The summed E-state index contributed by atoms with van der Waals surface area (Å²) in [4.78, 5) is 0. The maximum absolute atomic E-state index is 13.2. The first kappa shape index (κ1) is 13.9. The van der Waals surface area contributed by atoms with Crippen LogP contribution in [0.25, 0.3) is 0 Å². The van der Waals surface area contributed by atoms with Crippen LogP contribution in [0.15, 0.2) is 18.2 Å².